The number of hydrogen-bond donors (Lipinski definition) is 2. The zero-order chi connectivity index (χ0) is 15.5. The van der Waals surface area contributed by atoms with Gasteiger partial charge in [-0.3, -0.25) is 0 Å². The molecule has 1 heterocycles. The summed E-state index contributed by atoms with van der Waals surface area (Å²) in [5.74, 6) is -1.51. The molecule has 0 spiro atoms. The van der Waals surface area contributed by atoms with E-state index < -0.39 is 27.9 Å². The number of halogens is 2. The van der Waals surface area contributed by atoms with Crippen LogP contribution in [-0.4, -0.2) is 37.0 Å². The molecule has 1 aliphatic heterocycles. The van der Waals surface area contributed by atoms with Gasteiger partial charge in [-0.15, -0.1) is 0 Å². The first kappa shape index (κ1) is 16.3. The van der Waals surface area contributed by atoms with Crippen molar-refractivity contribution in [1.82, 2.24) is 9.03 Å². The van der Waals surface area contributed by atoms with E-state index in [4.69, 9.17) is 0 Å². The molecule has 0 radical (unpaired) electrons. The van der Waals surface area contributed by atoms with Crippen molar-refractivity contribution in [3.63, 3.8) is 0 Å². The third kappa shape index (κ3) is 3.97. The summed E-state index contributed by atoms with van der Waals surface area (Å²) >= 11 is 0. The van der Waals surface area contributed by atoms with Crippen LogP contribution < -0.4 is 4.72 Å². The Morgan fingerprint density at radius 3 is 2.76 bits per heavy atom. The van der Waals surface area contributed by atoms with E-state index >= 15 is 0 Å². The molecule has 0 amide bonds. The van der Waals surface area contributed by atoms with E-state index in [0.29, 0.717) is 19.0 Å². The van der Waals surface area contributed by atoms with Gasteiger partial charge < -0.3 is 5.11 Å². The van der Waals surface area contributed by atoms with Gasteiger partial charge in [0.1, 0.15) is 11.6 Å². The van der Waals surface area contributed by atoms with Gasteiger partial charge in [-0.2, -0.15) is 17.4 Å². The van der Waals surface area contributed by atoms with E-state index in [1.54, 1.807) is 0 Å². The zero-order valence-corrected chi connectivity index (χ0v) is 12.2. The molecule has 0 aliphatic carbocycles. The van der Waals surface area contributed by atoms with Crippen LogP contribution in [0.3, 0.4) is 0 Å². The quantitative estimate of drug-likeness (QED) is 0.855. The smallest absolute Gasteiger partial charge is 0.280 e. The summed E-state index contributed by atoms with van der Waals surface area (Å²) in [4.78, 5) is 0. The molecule has 0 aromatic heterocycles. The number of aliphatic hydroxyl groups is 1. The third-order valence-electron chi connectivity index (χ3n) is 3.55. The van der Waals surface area contributed by atoms with Crippen LogP contribution in [0.5, 0.6) is 0 Å². The van der Waals surface area contributed by atoms with Crippen LogP contribution in [0.4, 0.5) is 8.78 Å². The Balaban J connectivity index is 2.06. The van der Waals surface area contributed by atoms with Crippen LogP contribution in [-0.2, 0) is 16.8 Å². The highest BCUT2D eigenvalue weighted by Gasteiger charge is 2.31. The predicted octanol–water partition coefficient (Wildman–Crippen LogP) is 1.15. The number of piperidine rings is 1. The van der Waals surface area contributed by atoms with Crippen molar-refractivity contribution in [2.45, 2.75) is 31.8 Å². The minimum atomic E-state index is -3.81. The van der Waals surface area contributed by atoms with Gasteiger partial charge in [-0.1, -0.05) is 12.5 Å². The summed E-state index contributed by atoms with van der Waals surface area (Å²) in [5, 5.41) is 9.25. The van der Waals surface area contributed by atoms with Crippen molar-refractivity contribution in [3.8, 4) is 0 Å². The molecule has 1 fully saturated rings. The lowest BCUT2D eigenvalue weighted by atomic mass is 10.1. The van der Waals surface area contributed by atoms with Crippen LogP contribution in [0.15, 0.2) is 18.2 Å². The molecule has 1 aliphatic rings. The second-order valence-electron chi connectivity index (χ2n) is 5.00. The van der Waals surface area contributed by atoms with Crippen molar-refractivity contribution >= 4 is 10.2 Å². The third-order valence-corrected chi connectivity index (χ3v) is 5.16. The zero-order valence-electron chi connectivity index (χ0n) is 11.4. The normalized spacial score (nSPS) is 20.6. The topological polar surface area (TPSA) is 69.6 Å². The van der Waals surface area contributed by atoms with Crippen LogP contribution in [0.1, 0.15) is 24.8 Å². The van der Waals surface area contributed by atoms with E-state index in [-0.39, 0.29) is 18.7 Å². The molecule has 5 nitrogen and oxygen atoms in total. The molecular weight excluding hydrogens is 302 g/mol. The lowest BCUT2D eigenvalue weighted by Gasteiger charge is -2.33. The fourth-order valence-corrected chi connectivity index (χ4v) is 3.83. The SMILES string of the molecule is O=S(=O)(NCc1ccc(F)cc1F)N1CCCCC1CO. The summed E-state index contributed by atoms with van der Waals surface area (Å²) in [7, 11) is -3.81. The van der Waals surface area contributed by atoms with Gasteiger partial charge in [-0.05, 0) is 18.9 Å². The Morgan fingerprint density at radius 2 is 2.10 bits per heavy atom. The van der Waals surface area contributed by atoms with Gasteiger partial charge in [0.25, 0.3) is 10.2 Å². The molecule has 8 heteroatoms. The highest BCUT2D eigenvalue weighted by Crippen LogP contribution is 2.19. The fraction of sp³-hybridized carbons (Fsp3) is 0.538. The van der Waals surface area contributed by atoms with Crippen molar-refractivity contribution < 1.29 is 22.3 Å². The summed E-state index contributed by atoms with van der Waals surface area (Å²) < 4.78 is 54.2. The Hall–Kier alpha value is -1.09. The Labute approximate surface area is 122 Å². The van der Waals surface area contributed by atoms with Gasteiger partial charge in [0.05, 0.1) is 6.61 Å². The van der Waals surface area contributed by atoms with Gasteiger partial charge in [0.2, 0.25) is 0 Å². The van der Waals surface area contributed by atoms with Gasteiger partial charge >= 0.3 is 0 Å². The van der Waals surface area contributed by atoms with Crippen LogP contribution in [0.25, 0.3) is 0 Å². The number of aliphatic hydroxyl groups excluding tert-OH is 1. The Morgan fingerprint density at radius 1 is 1.33 bits per heavy atom. The fourth-order valence-electron chi connectivity index (χ4n) is 2.39. The molecule has 1 aromatic rings. The Bertz CT molecular complexity index is 595. The monoisotopic (exact) mass is 320 g/mol. The van der Waals surface area contributed by atoms with Crippen LogP contribution in [0, 0.1) is 11.6 Å². The first-order valence-electron chi connectivity index (χ1n) is 6.75. The average Bonchev–Trinajstić information content (AvgIpc) is 2.46. The second-order valence-corrected chi connectivity index (χ2v) is 6.71. The molecule has 0 saturated carbocycles. The van der Waals surface area contributed by atoms with Gasteiger partial charge in [0.15, 0.2) is 0 Å². The molecular formula is C13H18F2N2O3S. The van der Waals surface area contributed by atoms with E-state index in [1.807, 2.05) is 0 Å². The molecule has 1 aromatic carbocycles. The summed E-state index contributed by atoms with van der Waals surface area (Å²) in [5.41, 5.74) is 0.0672. The number of rotatable bonds is 5. The highest BCUT2D eigenvalue weighted by atomic mass is 32.2. The molecule has 21 heavy (non-hydrogen) atoms. The maximum absolute atomic E-state index is 13.5. The second kappa shape index (κ2) is 6.78. The Kier molecular flexibility index (Phi) is 5.26. The predicted molar refractivity (Wildman–Crippen MR) is 73.5 cm³/mol. The summed E-state index contributed by atoms with van der Waals surface area (Å²) in [6.45, 7) is -0.179. The molecule has 2 rings (SSSR count). The van der Waals surface area contributed by atoms with E-state index in [2.05, 4.69) is 4.72 Å². The maximum Gasteiger partial charge on any atom is 0.280 e. The lowest BCUT2D eigenvalue weighted by Crippen LogP contribution is -2.50. The molecule has 1 unspecified atom stereocenters. The first-order chi connectivity index (χ1) is 9.94. The van der Waals surface area contributed by atoms with Crippen LogP contribution >= 0.6 is 0 Å². The lowest BCUT2D eigenvalue weighted by molar-refractivity contribution is 0.154. The number of benzene rings is 1. The van der Waals surface area contributed by atoms with Crippen molar-refractivity contribution in [3.05, 3.63) is 35.4 Å². The van der Waals surface area contributed by atoms with Gasteiger partial charge in [-0.25, -0.2) is 8.78 Å². The number of nitrogens with zero attached hydrogens (tertiary/aromatic N) is 1. The minimum Gasteiger partial charge on any atom is -0.395 e. The largest absolute Gasteiger partial charge is 0.395 e. The molecule has 1 saturated heterocycles. The summed E-state index contributed by atoms with van der Waals surface area (Å²) in [6.07, 6.45) is 2.19. The van der Waals surface area contributed by atoms with E-state index in [9.17, 15) is 22.3 Å². The molecule has 1 atom stereocenters. The van der Waals surface area contributed by atoms with Crippen LogP contribution in [0.2, 0.25) is 0 Å². The number of nitrogens with one attached hydrogen (secondary N) is 1. The summed E-state index contributed by atoms with van der Waals surface area (Å²) in [6, 6.07) is 2.53. The first-order valence-corrected chi connectivity index (χ1v) is 8.19. The maximum atomic E-state index is 13.5. The van der Waals surface area contributed by atoms with Crippen molar-refractivity contribution in [2.75, 3.05) is 13.2 Å². The highest BCUT2D eigenvalue weighted by molar-refractivity contribution is 7.87. The number of hydrogen-bond acceptors (Lipinski definition) is 3. The van der Waals surface area contributed by atoms with Crippen molar-refractivity contribution in [1.29, 1.82) is 0 Å². The minimum absolute atomic E-state index is 0.0672. The molecule has 2 N–H and O–H groups in total. The average molecular weight is 320 g/mol. The molecule has 0 bridgehead atoms. The van der Waals surface area contributed by atoms with E-state index in [0.717, 1.165) is 18.9 Å². The molecule has 118 valence electrons. The van der Waals surface area contributed by atoms with E-state index in [1.165, 1.54) is 10.4 Å². The standard InChI is InChI=1S/C13H18F2N2O3S/c14-11-5-4-10(13(15)7-11)8-16-21(19,20)17-6-2-1-3-12(17)9-18/h4-5,7,12,16,18H,1-3,6,8-9H2. The van der Waals surface area contributed by atoms with Crippen molar-refractivity contribution in [2.24, 2.45) is 0 Å². The van der Waals surface area contributed by atoms with Gasteiger partial charge in [0, 0.05) is 30.8 Å².